The molecule has 3 aromatic rings. The molecule has 0 aliphatic heterocycles. The molecule has 3 rings (SSSR count). The number of amides is 1. The number of benzene rings is 3. The summed E-state index contributed by atoms with van der Waals surface area (Å²) >= 11 is 6.43. The number of anilines is 1. The summed E-state index contributed by atoms with van der Waals surface area (Å²) in [6.45, 7) is 4.02. The van der Waals surface area contributed by atoms with E-state index < -0.39 is 52.4 Å². The lowest BCUT2D eigenvalue weighted by atomic mass is 9.99. The molecule has 3 aromatic carbocycles. The second-order valence-corrected chi connectivity index (χ2v) is 9.61. The van der Waals surface area contributed by atoms with Crippen molar-refractivity contribution in [3.8, 4) is 16.9 Å². The number of nitrogens with one attached hydrogen (secondary N) is 1. The van der Waals surface area contributed by atoms with Crippen molar-refractivity contribution in [3.05, 3.63) is 81.4 Å². The summed E-state index contributed by atoms with van der Waals surface area (Å²) < 4.78 is 5.53. The van der Waals surface area contributed by atoms with E-state index in [1.165, 1.54) is 12.1 Å². The number of halogens is 1. The quantitative estimate of drug-likeness (QED) is 0.274. The minimum absolute atomic E-state index is 0.0162. The van der Waals surface area contributed by atoms with Gasteiger partial charge in [-0.2, -0.15) is 0 Å². The Morgan fingerprint density at radius 2 is 1.59 bits per heavy atom. The first kappa shape index (κ1) is 29.2. The van der Waals surface area contributed by atoms with E-state index >= 15 is 0 Å². The summed E-state index contributed by atoms with van der Waals surface area (Å²) in [6, 6.07) is 11.4. The number of likely N-dealkylation sites (N-methyl/N-ethyl adjacent to an activating group) is 1. The van der Waals surface area contributed by atoms with E-state index in [1.54, 1.807) is 25.1 Å². The van der Waals surface area contributed by atoms with Gasteiger partial charge in [-0.15, -0.1) is 0 Å². The number of aryl methyl sites for hydroxylation is 1. The third kappa shape index (κ3) is 6.92. The smallest absolute Gasteiger partial charge is 0.340 e. The Bertz CT molecular complexity index is 1470. The average Bonchev–Trinajstić information content (AvgIpc) is 2.82. The molecule has 11 heteroatoms. The third-order valence-electron chi connectivity index (χ3n) is 5.70. The Labute approximate surface area is 229 Å². The largest absolute Gasteiger partial charge is 0.507 e. The molecule has 0 aliphatic carbocycles. The second kappa shape index (κ2) is 12.0. The number of hydrogen-bond acceptors (Lipinski definition) is 7. The zero-order valence-electron chi connectivity index (χ0n) is 21.6. The standard InChI is InChI=1S/C28H27ClN2O8/c1-14-5-7-17(22(29)9-14)16-6-8-18(28(38)39-15(2)13-31(3)4)23(10-16)30-25(33)19-11-21(27(36)37)24(32)12-20(19)26(34)35/h5-12,15,32H,13H2,1-4H3,(H,30,33)(H,34,35)(H,36,37). The van der Waals surface area contributed by atoms with Crippen molar-refractivity contribution in [2.75, 3.05) is 26.0 Å². The van der Waals surface area contributed by atoms with Gasteiger partial charge in [0.15, 0.2) is 0 Å². The van der Waals surface area contributed by atoms with Crippen LogP contribution in [0.3, 0.4) is 0 Å². The maximum absolute atomic E-state index is 13.3. The second-order valence-electron chi connectivity index (χ2n) is 9.20. The fourth-order valence-electron chi connectivity index (χ4n) is 3.96. The van der Waals surface area contributed by atoms with Crippen LogP contribution in [0, 0.1) is 6.92 Å². The van der Waals surface area contributed by atoms with Crippen molar-refractivity contribution in [2.45, 2.75) is 20.0 Å². The number of ether oxygens (including phenoxy) is 1. The number of aromatic hydroxyl groups is 1. The summed E-state index contributed by atoms with van der Waals surface area (Å²) in [5, 5.41) is 31.8. The van der Waals surface area contributed by atoms with Gasteiger partial charge in [-0.3, -0.25) is 4.79 Å². The van der Waals surface area contributed by atoms with E-state index in [0.717, 1.165) is 11.6 Å². The lowest BCUT2D eigenvalue weighted by molar-refractivity contribution is 0.0290. The first-order chi connectivity index (χ1) is 18.3. The van der Waals surface area contributed by atoms with E-state index in [2.05, 4.69) is 5.32 Å². The van der Waals surface area contributed by atoms with Crippen LogP contribution in [0.5, 0.6) is 5.75 Å². The van der Waals surface area contributed by atoms with Crippen LogP contribution in [0.1, 0.15) is 53.9 Å². The molecule has 204 valence electrons. The minimum Gasteiger partial charge on any atom is -0.507 e. The van der Waals surface area contributed by atoms with Crippen molar-refractivity contribution < 1.29 is 39.2 Å². The van der Waals surface area contributed by atoms with E-state index in [4.69, 9.17) is 16.3 Å². The van der Waals surface area contributed by atoms with Crippen molar-refractivity contribution in [3.63, 3.8) is 0 Å². The molecule has 1 unspecified atom stereocenters. The van der Waals surface area contributed by atoms with Gasteiger partial charge >= 0.3 is 17.9 Å². The first-order valence-electron chi connectivity index (χ1n) is 11.7. The summed E-state index contributed by atoms with van der Waals surface area (Å²) in [6.07, 6.45) is -0.490. The van der Waals surface area contributed by atoms with Gasteiger partial charge < -0.3 is 30.3 Å². The van der Waals surface area contributed by atoms with Crippen LogP contribution in [-0.2, 0) is 4.74 Å². The Kier molecular flexibility index (Phi) is 8.95. The number of aromatic carboxylic acids is 2. The van der Waals surface area contributed by atoms with E-state index in [0.29, 0.717) is 28.8 Å². The highest BCUT2D eigenvalue weighted by atomic mass is 35.5. The number of carboxylic acids is 2. The Hall–Kier alpha value is -4.41. The Balaban J connectivity index is 2.11. The first-order valence-corrected chi connectivity index (χ1v) is 12.1. The molecule has 0 radical (unpaired) electrons. The van der Waals surface area contributed by atoms with Gasteiger partial charge in [-0.05, 0) is 69.4 Å². The number of hydrogen-bond donors (Lipinski definition) is 4. The molecule has 0 aliphatic rings. The summed E-state index contributed by atoms with van der Waals surface area (Å²) in [7, 11) is 3.64. The summed E-state index contributed by atoms with van der Waals surface area (Å²) in [4.78, 5) is 51.5. The lowest BCUT2D eigenvalue weighted by Crippen LogP contribution is -2.28. The SMILES string of the molecule is Cc1ccc(-c2ccc(C(=O)OC(C)CN(C)C)c(NC(=O)c3cc(C(=O)O)c(O)cc3C(=O)O)c2)c(Cl)c1. The van der Waals surface area contributed by atoms with Crippen LogP contribution in [0.25, 0.3) is 11.1 Å². The molecular weight excluding hydrogens is 528 g/mol. The van der Waals surface area contributed by atoms with Gasteiger partial charge in [-0.25, -0.2) is 14.4 Å². The molecule has 10 nitrogen and oxygen atoms in total. The van der Waals surface area contributed by atoms with Crippen LogP contribution in [0.15, 0.2) is 48.5 Å². The predicted octanol–water partition coefficient (Wildman–Crippen LogP) is 4.78. The summed E-state index contributed by atoms with van der Waals surface area (Å²) in [5.41, 5.74) is 0.227. The number of carbonyl (C=O) groups excluding carboxylic acids is 2. The molecule has 0 fully saturated rings. The molecule has 4 N–H and O–H groups in total. The molecule has 1 amide bonds. The zero-order valence-corrected chi connectivity index (χ0v) is 22.4. The molecule has 0 heterocycles. The highest BCUT2D eigenvalue weighted by Crippen LogP contribution is 2.33. The van der Waals surface area contributed by atoms with Gasteiger partial charge in [0.05, 0.1) is 22.4 Å². The number of carboxylic acid groups (broad SMARTS) is 2. The van der Waals surface area contributed by atoms with Crippen LogP contribution in [-0.4, -0.2) is 70.8 Å². The number of phenols is 1. The number of esters is 1. The van der Waals surface area contributed by atoms with Gasteiger partial charge in [0.1, 0.15) is 17.4 Å². The number of nitrogens with zero attached hydrogens (tertiary/aromatic N) is 1. The normalized spacial score (nSPS) is 11.6. The van der Waals surface area contributed by atoms with Crippen molar-refractivity contribution >= 4 is 41.1 Å². The van der Waals surface area contributed by atoms with Gasteiger partial charge in [0.2, 0.25) is 0 Å². The molecule has 0 aromatic heterocycles. The average molecular weight is 555 g/mol. The van der Waals surface area contributed by atoms with E-state index in [-0.39, 0.29) is 11.3 Å². The lowest BCUT2D eigenvalue weighted by Gasteiger charge is -2.19. The van der Waals surface area contributed by atoms with Gasteiger partial charge in [-0.1, -0.05) is 29.8 Å². The topological polar surface area (TPSA) is 153 Å². The van der Waals surface area contributed by atoms with Gasteiger partial charge in [0, 0.05) is 17.1 Å². The van der Waals surface area contributed by atoms with Crippen molar-refractivity contribution in [2.24, 2.45) is 0 Å². The maximum atomic E-state index is 13.3. The van der Waals surface area contributed by atoms with Gasteiger partial charge in [0.25, 0.3) is 5.91 Å². The molecular formula is C28H27ClN2O8. The third-order valence-corrected chi connectivity index (χ3v) is 6.01. The van der Waals surface area contributed by atoms with E-state index in [1.807, 2.05) is 32.0 Å². The molecule has 0 spiro atoms. The fraction of sp³-hybridized carbons (Fsp3) is 0.214. The molecule has 0 saturated carbocycles. The van der Waals surface area contributed by atoms with Crippen molar-refractivity contribution in [1.29, 1.82) is 0 Å². The molecule has 0 saturated heterocycles. The monoisotopic (exact) mass is 554 g/mol. The molecule has 39 heavy (non-hydrogen) atoms. The number of rotatable bonds is 9. The predicted molar refractivity (Wildman–Crippen MR) is 145 cm³/mol. The van der Waals surface area contributed by atoms with Crippen molar-refractivity contribution in [1.82, 2.24) is 4.90 Å². The Morgan fingerprint density at radius 1 is 0.923 bits per heavy atom. The summed E-state index contributed by atoms with van der Waals surface area (Å²) in [5.74, 6) is -5.70. The maximum Gasteiger partial charge on any atom is 0.340 e. The minimum atomic E-state index is -1.57. The number of carbonyl (C=O) groups is 4. The van der Waals surface area contributed by atoms with Crippen LogP contribution in [0.2, 0.25) is 5.02 Å². The van der Waals surface area contributed by atoms with Crippen LogP contribution in [0.4, 0.5) is 5.69 Å². The van der Waals surface area contributed by atoms with Crippen LogP contribution >= 0.6 is 11.6 Å². The molecule has 0 bridgehead atoms. The zero-order chi connectivity index (χ0) is 29.0. The Morgan fingerprint density at radius 3 is 2.18 bits per heavy atom. The fourth-order valence-corrected chi connectivity index (χ4v) is 4.30. The van der Waals surface area contributed by atoms with E-state index in [9.17, 15) is 34.5 Å². The highest BCUT2D eigenvalue weighted by Gasteiger charge is 2.25. The molecule has 1 atom stereocenters. The highest BCUT2D eigenvalue weighted by molar-refractivity contribution is 6.33. The van der Waals surface area contributed by atoms with Crippen LogP contribution < -0.4 is 5.32 Å².